The van der Waals surface area contributed by atoms with E-state index in [2.05, 4.69) is 57.4 Å². The number of thiazole rings is 1. The minimum absolute atomic E-state index is 0. The van der Waals surface area contributed by atoms with Gasteiger partial charge in [-0.25, -0.2) is 4.98 Å². The second-order valence-corrected chi connectivity index (χ2v) is 6.99. The maximum atomic E-state index is 4.46. The van der Waals surface area contributed by atoms with E-state index in [0.717, 1.165) is 37.7 Å². The van der Waals surface area contributed by atoms with Gasteiger partial charge in [-0.1, -0.05) is 30.3 Å². The number of aliphatic imine (C=N–C) groups is 1. The fraction of sp³-hybridized carbons (Fsp3) is 0.444. The quantitative estimate of drug-likeness (QED) is 0.433. The highest BCUT2D eigenvalue weighted by molar-refractivity contribution is 14.0. The molecule has 0 saturated carbocycles. The number of aromatic nitrogens is 1. The Bertz CT molecular complexity index is 656. The average molecular weight is 456 g/mol. The number of benzene rings is 1. The normalized spacial score (nSPS) is 17.7. The molecule has 0 spiro atoms. The largest absolute Gasteiger partial charge is 0.351 e. The summed E-state index contributed by atoms with van der Waals surface area (Å²) in [6.45, 7) is 5.03. The van der Waals surface area contributed by atoms with Crippen LogP contribution in [0.25, 0.3) is 0 Å². The van der Waals surface area contributed by atoms with Crippen LogP contribution in [0.2, 0.25) is 0 Å². The number of rotatable bonds is 4. The molecule has 0 aliphatic carbocycles. The highest BCUT2D eigenvalue weighted by Gasteiger charge is 2.25. The molecule has 1 unspecified atom stereocenters. The van der Waals surface area contributed by atoms with Gasteiger partial charge in [0.25, 0.3) is 0 Å². The zero-order chi connectivity index (χ0) is 16.1. The summed E-state index contributed by atoms with van der Waals surface area (Å²) in [7, 11) is 1.87. The third-order valence-corrected chi connectivity index (χ3v) is 5.35. The summed E-state index contributed by atoms with van der Waals surface area (Å²) in [6, 6.07) is 10.8. The van der Waals surface area contributed by atoms with Crippen molar-refractivity contribution in [3.05, 3.63) is 52.0 Å². The van der Waals surface area contributed by atoms with Crippen molar-refractivity contribution in [1.82, 2.24) is 15.2 Å². The summed E-state index contributed by atoms with van der Waals surface area (Å²) in [5, 5.41) is 3.49. The zero-order valence-electron chi connectivity index (χ0n) is 14.2. The maximum absolute atomic E-state index is 4.46. The van der Waals surface area contributed by atoms with Crippen LogP contribution in [-0.2, 0) is 13.0 Å². The summed E-state index contributed by atoms with van der Waals surface area (Å²) in [6.07, 6.45) is 2.39. The Morgan fingerprint density at radius 3 is 2.83 bits per heavy atom. The highest BCUT2D eigenvalue weighted by atomic mass is 127. The molecule has 0 amide bonds. The van der Waals surface area contributed by atoms with Crippen molar-refractivity contribution >= 4 is 41.3 Å². The minimum Gasteiger partial charge on any atom is -0.351 e. The molecule has 1 aromatic heterocycles. The van der Waals surface area contributed by atoms with E-state index in [1.807, 2.05) is 12.6 Å². The topological polar surface area (TPSA) is 40.5 Å². The third-order valence-electron chi connectivity index (χ3n) is 4.42. The van der Waals surface area contributed by atoms with Crippen LogP contribution in [0.15, 0.2) is 40.8 Å². The van der Waals surface area contributed by atoms with Gasteiger partial charge in [0.05, 0.1) is 17.7 Å². The van der Waals surface area contributed by atoms with Crippen LogP contribution in [0.5, 0.6) is 0 Å². The van der Waals surface area contributed by atoms with E-state index in [1.165, 1.54) is 16.9 Å². The molecule has 130 valence electrons. The molecule has 1 aliphatic heterocycles. The monoisotopic (exact) mass is 456 g/mol. The van der Waals surface area contributed by atoms with E-state index in [4.69, 9.17) is 0 Å². The molecular weight excluding hydrogens is 431 g/mol. The van der Waals surface area contributed by atoms with Crippen LogP contribution in [0, 0.1) is 12.8 Å². The molecule has 3 rings (SSSR count). The molecule has 4 nitrogen and oxygen atoms in total. The van der Waals surface area contributed by atoms with Crippen molar-refractivity contribution in [3.8, 4) is 0 Å². The summed E-state index contributed by atoms with van der Waals surface area (Å²) in [4.78, 5) is 12.4. The van der Waals surface area contributed by atoms with E-state index in [1.54, 1.807) is 11.3 Å². The summed E-state index contributed by atoms with van der Waals surface area (Å²) < 4.78 is 0. The van der Waals surface area contributed by atoms with Gasteiger partial charge in [-0.15, -0.1) is 35.3 Å². The lowest BCUT2D eigenvalue weighted by atomic mass is 9.99. The van der Waals surface area contributed by atoms with Crippen molar-refractivity contribution in [2.75, 3.05) is 20.1 Å². The number of halogens is 1. The number of hydrogen-bond acceptors (Lipinski definition) is 3. The molecule has 2 heterocycles. The number of nitrogens with zero attached hydrogens (tertiary/aromatic N) is 3. The molecule has 1 saturated heterocycles. The number of hydrogen-bond donors (Lipinski definition) is 1. The number of aryl methyl sites for hydroxylation is 1. The lowest BCUT2D eigenvalue weighted by Gasteiger charge is -2.21. The van der Waals surface area contributed by atoms with Gasteiger partial charge in [0.15, 0.2) is 5.96 Å². The first kappa shape index (κ1) is 19.2. The van der Waals surface area contributed by atoms with Gasteiger partial charge in [-0.2, -0.15) is 0 Å². The molecule has 1 aromatic carbocycles. The second kappa shape index (κ2) is 9.36. The average Bonchev–Trinajstić information content (AvgIpc) is 3.19. The first-order valence-corrected chi connectivity index (χ1v) is 9.02. The number of nitrogens with one attached hydrogen (secondary N) is 1. The second-order valence-electron chi connectivity index (χ2n) is 6.05. The zero-order valence-corrected chi connectivity index (χ0v) is 17.4. The van der Waals surface area contributed by atoms with E-state index in [-0.39, 0.29) is 24.0 Å². The Morgan fingerprint density at radius 2 is 2.17 bits per heavy atom. The van der Waals surface area contributed by atoms with E-state index >= 15 is 0 Å². The van der Waals surface area contributed by atoms with E-state index in [9.17, 15) is 0 Å². The Labute approximate surface area is 165 Å². The Hall–Kier alpha value is -1.15. The molecule has 24 heavy (non-hydrogen) atoms. The van der Waals surface area contributed by atoms with E-state index < -0.39 is 0 Å². The van der Waals surface area contributed by atoms with Crippen LogP contribution in [0.3, 0.4) is 0 Å². The van der Waals surface area contributed by atoms with Crippen LogP contribution in [0.1, 0.15) is 22.6 Å². The van der Waals surface area contributed by atoms with Crippen LogP contribution >= 0.6 is 35.3 Å². The van der Waals surface area contributed by atoms with Gasteiger partial charge in [0, 0.05) is 25.0 Å². The first-order valence-electron chi connectivity index (χ1n) is 8.14. The molecule has 0 bridgehead atoms. The van der Waals surface area contributed by atoms with Crippen molar-refractivity contribution in [1.29, 1.82) is 0 Å². The van der Waals surface area contributed by atoms with Gasteiger partial charge >= 0.3 is 0 Å². The van der Waals surface area contributed by atoms with Crippen LogP contribution in [0.4, 0.5) is 0 Å². The summed E-state index contributed by atoms with van der Waals surface area (Å²) in [5.41, 5.74) is 4.45. The predicted molar refractivity (Wildman–Crippen MR) is 112 cm³/mol. The van der Waals surface area contributed by atoms with Crippen molar-refractivity contribution < 1.29 is 0 Å². The van der Waals surface area contributed by atoms with Crippen LogP contribution in [-0.4, -0.2) is 36.0 Å². The maximum Gasteiger partial charge on any atom is 0.193 e. The lowest BCUT2D eigenvalue weighted by molar-refractivity contribution is 0.460. The SMILES string of the molecule is CN=C(NCc1scnc1C)N1CCC(Cc2ccccc2)C1.I. The van der Waals surface area contributed by atoms with Crippen molar-refractivity contribution in [2.24, 2.45) is 10.9 Å². The number of guanidine groups is 1. The van der Waals surface area contributed by atoms with Crippen molar-refractivity contribution in [2.45, 2.75) is 26.3 Å². The first-order chi connectivity index (χ1) is 11.3. The smallest absolute Gasteiger partial charge is 0.193 e. The minimum atomic E-state index is 0. The standard InChI is InChI=1S/C18H24N4S.HI/c1-14-17(23-13-21-14)11-20-18(19-2)22-9-8-16(12-22)10-15-6-4-3-5-7-15;/h3-7,13,16H,8-12H2,1-2H3,(H,19,20);1H. The molecule has 1 N–H and O–H groups in total. The molecule has 0 radical (unpaired) electrons. The summed E-state index contributed by atoms with van der Waals surface area (Å²) >= 11 is 1.70. The fourth-order valence-electron chi connectivity index (χ4n) is 3.13. The molecule has 2 aromatic rings. The third kappa shape index (κ3) is 4.92. The Morgan fingerprint density at radius 1 is 1.38 bits per heavy atom. The summed E-state index contributed by atoms with van der Waals surface area (Å²) in [5.74, 6) is 1.72. The molecule has 1 fully saturated rings. The molecule has 1 aliphatic rings. The van der Waals surface area contributed by atoms with Crippen molar-refractivity contribution in [3.63, 3.8) is 0 Å². The van der Waals surface area contributed by atoms with Gasteiger partial charge in [-0.05, 0) is 31.2 Å². The Kier molecular flexibility index (Phi) is 7.48. The highest BCUT2D eigenvalue weighted by Crippen LogP contribution is 2.21. The van der Waals surface area contributed by atoms with Crippen LogP contribution < -0.4 is 5.32 Å². The molecular formula is C18H25IN4S. The molecule has 1 atom stereocenters. The van der Waals surface area contributed by atoms with Gasteiger partial charge < -0.3 is 10.2 Å². The predicted octanol–water partition coefficient (Wildman–Crippen LogP) is 3.71. The fourth-order valence-corrected chi connectivity index (χ4v) is 3.84. The number of likely N-dealkylation sites (tertiary alicyclic amines) is 1. The lowest BCUT2D eigenvalue weighted by Crippen LogP contribution is -2.39. The van der Waals surface area contributed by atoms with Gasteiger partial charge in [0.2, 0.25) is 0 Å². The van der Waals surface area contributed by atoms with E-state index in [0.29, 0.717) is 5.92 Å². The van der Waals surface area contributed by atoms with Gasteiger partial charge in [-0.3, -0.25) is 4.99 Å². The molecule has 6 heteroatoms. The van der Waals surface area contributed by atoms with Gasteiger partial charge in [0.1, 0.15) is 0 Å². The Balaban J connectivity index is 0.00000208.